The number of fused-ring (bicyclic) bond motifs is 2. The third kappa shape index (κ3) is 7.27. The minimum absolute atomic E-state index is 0.558. The van der Waals surface area contributed by atoms with Gasteiger partial charge in [-0.05, 0) is 49.6 Å². The first-order chi connectivity index (χ1) is 18.0. The topological polar surface area (TPSA) is 115 Å². The van der Waals surface area contributed by atoms with E-state index >= 15 is 0 Å². The molecule has 3 aromatic rings. The third-order valence-electron chi connectivity index (χ3n) is 6.47. The fourth-order valence-electron chi connectivity index (χ4n) is 4.65. The molecule has 5 rings (SSSR count). The summed E-state index contributed by atoms with van der Waals surface area (Å²) in [7, 11) is 0. The minimum atomic E-state index is -1.26. The van der Waals surface area contributed by atoms with Crippen LogP contribution in [0.2, 0.25) is 0 Å². The molecule has 196 valence electrons. The van der Waals surface area contributed by atoms with Crippen molar-refractivity contribution in [2.45, 2.75) is 19.3 Å². The van der Waals surface area contributed by atoms with Crippen LogP contribution in [-0.4, -0.2) is 78.0 Å². The van der Waals surface area contributed by atoms with Gasteiger partial charge in [0.15, 0.2) is 11.5 Å². The van der Waals surface area contributed by atoms with Crippen molar-refractivity contribution >= 4 is 28.5 Å². The molecular weight excluding hydrogens is 474 g/mol. The van der Waals surface area contributed by atoms with E-state index in [0.29, 0.717) is 25.4 Å². The van der Waals surface area contributed by atoms with Crippen LogP contribution in [0, 0.1) is 0 Å². The number of rotatable bonds is 8. The van der Waals surface area contributed by atoms with Crippen molar-refractivity contribution in [2.24, 2.45) is 0 Å². The average molecular weight is 508 g/mol. The molecule has 2 aromatic carbocycles. The number of para-hydroxylation sites is 2. The number of aryl methyl sites for hydroxylation is 1. The van der Waals surface area contributed by atoms with Crippen LogP contribution in [0.25, 0.3) is 10.9 Å². The van der Waals surface area contributed by atoms with Gasteiger partial charge in [-0.25, -0.2) is 9.59 Å². The lowest BCUT2D eigenvalue weighted by atomic mass is 10.1. The largest absolute Gasteiger partial charge is 0.486 e. The van der Waals surface area contributed by atoms with Gasteiger partial charge in [-0.15, -0.1) is 0 Å². The summed E-state index contributed by atoms with van der Waals surface area (Å²) in [5.74, 6) is -0.709. The Morgan fingerprint density at radius 3 is 2.38 bits per heavy atom. The van der Waals surface area contributed by atoms with Gasteiger partial charge in [0.1, 0.15) is 13.2 Å². The van der Waals surface area contributed by atoms with Gasteiger partial charge in [-0.3, -0.25) is 4.90 Å². The number of hydrogen-bond donors (Lipinski definition) is 3. The molecule has 9 heteroatoms. The number of nitrogens with one attached hydrogen (secondary N) is 1. The number of H-pyrrole nitrogens is 1. The monoisotopic (exact) mass is 507 g/mol. The number of aliphatic carboxylic acids is 2. The van der Waals surface area contributed by atoms with Crippen LogP contribution in [0.4, 0.5) is 5.69 Å². The Hall–Kier alpha value is -3.98. The smallest absolute Gasteiger partial charge is 0.328 e. The molecule has 1 aromatic heterocycles. The highest BCUT2D eigenvalue weighted by molar-refractivity contribution is 5.89. The van der Waals surface area contributed by atoms with Gasteiger partial charge in [-0.1, -0.05) is 24.3 Å². The number of nitrogens with zero attached hydrogens (tertiary/aromatic N) is 2. The van der Waals surface area contributed by atoms with Gasteiger partial charge in [0.2, 0.25) is 0 Å². The Balaban J connectivity index is 0.000000349. The van der Waals surface area contributed by atoms with E-state index in [1.54, 1.807) is 0 Å². The second-order valence-electron chi connectivity index (χ2n) is 8.96. The van der Waals surface area contributed by atoms with E-state index in [2.05, 4.69) is 57.4 Å². The zero-order chi connectivity index (χ0) is 26.0. The first kappa shape index (κ1) is 26.1. The molecule has 0 amide bonds. The molecule has 2 aliphatic rings. The third-order valence-corrected chi connectivity index (χ3v) is 6.47. The molecule has 3 N–H and O–H groups in total. The van der Waals surface area contributed by atoms with Gasteiger partial charge in [-0.2, -0.15) is 0 Å². The molecule has 0 unspecified atom stereocenters. The number of ether oxygens (including phenoxy) is 2. The Labute approximate surface area is 215 Å². The average Bonchev–Trinajstić information content (AvgIpc) is 3.33. The van der Waals surface area contributed by atoms with Crippen LogP contribution in [0.1, 0.15) is 18.4 Å². The molecule has 2 aliphatic heterocycles. The van der Waals surface area contributed by atoms with Crippen molar-refractivity contribution in [1.29, 1.82) is 0 Å². The first-order valence-electron chi connectivity index (χ1n) is 12.6. The van der Waals surface area contributed by atoms with Gasteiger partial charge < -0.3 is 29.6 Å². The van der Waals surface area contributed by atoms with E-state index in [0.717, 1.165) is 44.1 Å². The number of aromatic nitrogens is 1. The number of benzene rings is 2. The van der Waals surface area contributed by atoms with E-state index < -0.39 is 11.9 Å². The molecule has 0 aliphatic carbocycles. The van der Waals surface area contributed by atoms with Crippen molar-refractivity contribution in [2.75, 3.05) is 50.8 Å². The van der Waals surface area contributed by atoms with Crippen LogP contribution in [-0.2, 0) is 16.0 Å². The number of hydrogen-bond acceptors (Lipinski definition) is 6. The maximum Gasteiger partial charge on any atom is 0.328 e. The highest BCUT2D eigenvalue weighted by Gasteiger charge is 2.23. The molecule has 1 fully saturated rings. The zero-order valence-electron chi connectivity index (χ0n) is 20.8. The summed E-state index contributed by atoms with van der Waals surface area (Å²) in [4.78, 5) is 27.5. The van der Waals surface area contributed by atoms with Gasteiger partial charge in [0, 0.05) is 55.4 Å². The molecule has 9 nitrogen and oxygen atoms in total. The number of aromatic amines is 1. The summed E-state index contributed by atoms with van der Waals surface area (Å²) in [5.41, 5.74) is 3.87. The Kier molecular flexibility index (Phi) is 9.04. The van der Waals surface area contributed by atoms with Crippen molar-refractivity contribution in [3.63, 3.8) is 0 Å². The lowest BCUT2D eigenvalue weighted by Gasteiger charge is -2.37. The molecular formula is C28H33N3O6. The summed E-state index contributed by atoms with van der Waals surface area (Å²) in [6, 6.07) is 14.8. The molecule has 0 bridgehead atoms. The number of carbonyl (C=O) groups is 2. The Morgan fingerprint density at radius 2 is 1.62 bits per heavy atom. The second kappa shape index (κ2) is 12.8. The van der Waals surface area contributed by atoms with Gasteiger partial charge in [0.25, 0.3) is 0 Å². The highest BCUT2D eigenvalue weighted by atomic mass is 16.6. The van der Waals surface area contributed by atoms with E-state index in [9.17, 15) is 9.59 Å². The molecule has 37 heavy (non-hydrogen) atoms. The maximum atomic E-state index is 9.55. The fraction of sp³-hybridized carbons (Fsp3) is 0.357. The molecule has 3 heterocycles. The van der Waals surface area contributed by atoms with Crippen LogP contribution < -0.4 is 14.4 Å². The lowest BCUT2D eigenvalue weighted by molar-refractivity contribution is -0.134. The van der Waals surface area contributed by atoms with Crippen LogP contribution >= 0.6 is 0 Å². The van der Waals surface area contributed by atoms with Gasteiger partial charge >= 0.3 is 11.9 Å². The minimum Gasteiger partial charge on any atom is -0.486 e. The normalized spacial score (nSPS) is 15.4. The maximum absolute atomic E-state index is 9.55. The Morgan fingerprint density at radius 1 is 0.892 bits per heavy atom. The second-order valence-corrected chi connectivity index (χ2v) is 8.96. The molecule has 0 spiro atoms. The number of piperazine rings is 1. The fourth-order valence-corrected chi connectivity index (χ4v) is 4.65. The number of unbranched alkanes of at least 4 members (excludes halogenated alkanes) is 1. The summed E-state index contributed by atoms with van der Waals surface area (Å²) in [6.07, 6.45) is 6.93. The summed E-state index contributed by atoms with van der Waals surface area (Å²) in [5, 5.41) is 17.0. The predicted octanol–water partition coefficient (Wildman–Crippen LogP) is 3.80. The van der Waals surface area contributed by atoms with Crippen LogP contribution in [0.5, 0.6) is 11.5 Å². The van der Waals surface area contributed by atoms with Crippen molar-refractivity contribution in [3.05, 3.63) is 66.4 Å². The zero-order valence-corrected chi connectivity index (χ0v) is 20.8. The number of carboxylic acids is 2. The number of carboxylic acid groups (broad SMARTS) is 2. The summed E-state index contributed by atoms with van der Waals surface area (Å²) < 4.78 is 11.6. The van der Waals surface area contributed by atoms with Crippen molar-refractivity contribution < 1.29 is 29.3 Å². The van der Waals surface area contributed by atoms with Crippen molar-refractivity contribution in [1.82, 2.24) is 9.88 Å². The predicted molar refractivity (Wildman–Crippen MR) is 142 cm³/mol. The first-order valence-corrected chi connectivity index (χ1v) is 12.6. The van der Waals surface area contributed by atoms with E-state index in [1.165, 1.54) is 41.5 Å². The standard InChI is InChI=1S/C24H29N3O2.C4H4O4/c1-2-8-21-20(7-1)19(18-25-21)6-3-4-11-26-12-14-27(15-13-26)22-9-5-10-23-24(22)29-17-16-28-23;5-3(6)1-2-4(7)8/h1-2,5,7-10,18,25H,3-4,6,11-17H2;1-2H,(H,5,6)(H,7,8)/b;2-1+. The molecule has 0 atom stereocenters. The van der Waals surface area contributed by atoms with E-state index in [-0.39, 0.29) is 0 Å². The molecule has 0 radical (unpaired) electrons. The SMILES string of the molecule is O=C(O)/C=C/C(=O)O.c1cc2c(c(N3CCN(CCCCc4c[nH]c5ccccc45)CC3)c1)OCCO2. The lowest BCUT2D eigenvalue weighted by Crippen LogP contribution is -2.46. The summed E-state index contributed by atoms with van der Waals surface area (Å²) in [6.45, 7) is 6.77. The van der Waals surface area contributed by atoms with Crippen LogP contribution in [0.15, 0.2) is 60.8 Å². The van der Waals surface area contributed by atoms with E-state index in [4.69, 9.17) is 19.7 Å². The van der Waals surface area contributed by atoms with Crippen LogP contribution in [0.3, 0.4) is 0 Å². The molecule has 1 saturated heterocycles. The summed E-state index contributed by atoms with van der Waals surface area (Å²) >= 11 is 0. The number of anilines is 1. The Bertz CT molecular complexity index is 1210. The van der Waals surface area contributed by atoms with E-state index in [1.807, 2.05) is 6.07 Å². The molecule has 0 saturated carbocycles. The highest BCUT2D eigenvalue weighted by Crippen LogP contribution is 2.39. The van der Waals surface area contributed by atoms with Gasteiger partial charge in [0.05, 0.1) is 5.69 Å². The van der Waals surface area contributed by atoms with Crippen molar-refractivity contribution in [3.8, 4) is 11.5 Å². The quantitative estimate of drug-likeness (QED) is 0.312.